The van der Waals surface area contributed by atoms with Crippen molar-refractivity contribution in [2.24, 2.45) is 0 Å². The van der Waals surface area contributed by atoms with Gasteiger partial charge in [-0.25, -0.2) is 4.98 Å². The van der Waals surface area contributed by atoms with E-state index in [4.69, 9.17) is 27.9 Å². The van der Waals surface area contributed by atoms with Gasteiger partial charge in [-0.1, -0.05) is 23.2 Å². The highest BCUT2D eigenvalue weighted by molar-refractivity contribution is 6.34. The van der Waals surface area contributed by atoms with Crippen molar-refractivity contribution in [2.75, 3.05) is 19.7 Å². The standard InChI is InChI=1S/C13H16Cl2N2O3/c1-13(2)7-17(5-8(6-18)20-13)12(19)9-3-4-10(14)16-11(9)15/h3-4,8,18H,5-7H2,1-2H3. The summed E-state index contributed by atoms with van der Waals surface area (Å²) in [5.74, 6) is -0.242. The molecule has 1 fully saturated rings. The Morgan fingerprint density at radius 3 is 2.85 bits per heavy atom. The molecule has 1 amide bonds. The maximum Gasteiger partial charge on any atom is 0.257 e. The van der Waals surface area contributed by atoms with E-state index < -0.39 is 11.7 Å². The summed E-state index contributed by atoms with van der Waals surface area (Å²) in [6.07, 6.45) is -0.401. The molecule has 1 N–H and O–H groups in total. The zero-order valence-corrected chi connectivity index (χ0v) is 12.8. The predicted molar refractivity (Wildman–Crippen MR) is 76.2 cm³/mol. The zero-order valence-electron chi connectivity index (χ0n) is 11.3. The van der Waals surface area contributed by atoms with Gasteiger partial charge in [-0.05, 0) is 26.0 Å². The molecule has 1 unspecified atom stereocenters. The number of rotatable bonds is 2. The number of carbonyl (C=O) groups is 1. The lowest BCUT2D eigenvalue weighted by Gasteiger charge is -2.42. The molecule has 5 nitrogen and oxygen atoms in total. The van der Waals surface area contributed by atoms with Gasteiger partial charge in [0.25, 0.3) is 5.91 Å². The van der Waals surface area contributed by atoms with E-state index in [2.05, 4.69) is 4.98 Å². The molecule has 2 heterocycles. The summed E-state index contributed by atoms with van der Waals surface area (Å²) in [4.78, 5) is 18.0. The molecule has 7 heteroatoms. The average molecular weight is 319 g/mol. The third-order valence-corrected chi connectivity index (χ3v) is 3.52. The maximum absolute atomic E-state index is 12.5. The second kappa shape index (κ2) is 5.85. The number of ether oxygens (including phenoxy) is 1. The van der Waals surface area contributed by atoms with Crippen LogP contribution in [0.25, 0.3) is 0 Å². The number of pyridine rings is 1. The summed E-state index contributed by atoms with van der Waals surface area (Å²) in [7, 11) is 0. The van der Waals surface area contributed by atoms with E-state index in [1.807, 2.05) is 13.8 Å². The van der Waals surface area contributed by atoms with E-state index in [-0.39, 0.29) is 22.8 Å². The molecule has 0 spiro atoms. The van der Waals surface area contributed by atoms with Crippen molar-refractivity contribution >= 4 is 29.1 Å². The molecular formula is C13H16Cl2N2O3. The highest BCUT2D eigenvalue weighted by Crippen LogP contribution is 2.24. The zero-order chi connectivity index (χ0) is 14.9. The molecule has 1 aliphatic heterocycles. The number of hydrogen-bond donors (Lipinski definition) is 1. The molecule has 0 radical (unpaired) electrons. The van der Waals surface area contributed by atoms with Crippen molar-refractivity contribution in [3.8, 4) is 0 Å². The van der Waals surface area contributed by atoms with E-state index in [0.717, 1.165) is 0 Å². The van der Waals surface area contributed by atoms with Crippen LogP contribution in [0, 0.1) is 0 Å². The molecule has 0 saturated carbocycles. The van der Waals surface area contributed by atoms with E-state index in [1.54, 1.807) is 11.0 Å². The van der Waals surface area contributed by atoms with Gasteiger partial charge in [0.05, 0.1) is 23.9 Å². The highest BCUT2D eigenvalue weighted by Gasteiger charge is 2.36. The van der Waals surface area contributed by atoms with Gasteiger partial charge in [0.1, 0.15) is 10.3 Å². The first-order valence-corrected chi connectivity index (χ1v) is 6.98. The highest BCUT2D eigenvalue weighted by atomic mass is 35.5. The number of aliphatic hydroxyl groups is 1. The number of hydrogen-bond acceptors (Lipinski definition) is 4. The van der Waals surface area contributed by atoms with Gasteiger partial charge in [-0.3, -0.25) is 4.79 Å². The number of halogens is 2. The fourth-order valence-corrected chi connectivity index (χ4v) is 2.71. The number of nitrogens with zero attached hydrogens (tertiary/aromatic N) is 2. The van der Waals surface area contributed by atoms with Crippen LogP contribution in [0.1, 0.15) is 24.2 Å². The van der Waals surface area contributed by atoms with Gasteiger partial charge in [-0.2, -0.15) is 0 Å². The number of morpholine rings is 1. The minimum absolute atomic E-state index is 0.0762. The molecule has 1 atom stereocenters. The molecule has 2 rings (SSSR count). The van der Waals surface area contributed by atoms with Crippen molar-refractivity contribution in [1.29, 1.82) is 0 Å². The van der Waals surface area contributed by atoms with Crippen LogP contribution >= 0.6 is 23.2 Å². The van der Waals surface area contributed by atoms with E-state index >= 15 is 0 Å². The number of carbonyl (C=O) groups excluding carboxylic acids is 1. The SMILES string of the molecule is CC1(C)CN(C(=O)c2ccc(Cl)nc2Cl)CC(CO)O1. The summed E-state index contributed by atoms with van der Waals surface area (Å²) in [6.45, 7) is 4.34. The van der Waals surface area contributed by atoms with Crippen LogP contribution in [-0.4, -0.2) is 52.3 Å². The summed E-state index contributed by atoms with van der Waals surface area (Å²) < 4.78 is 5.67. The first kappa shape index (κ1) is 15.5. The van der Waals surface area contributed by atoms with Crippen LogP contribution in [-0.2, 0) is 4.74 Å². The molecule has 20 heavy (non-hydrogen) atoms. The van der Waals surface area contributed by atoms with Crippen LogP contribution in [0.15, 0.2) is 12.1 Å². The molecular weight excluding hydrogens is 303 g/mol. The Balaban J connectivity index is 2.23. The van der Waals surface area contributed by atoms with Gasteiger partial charge in [0, 0.05) is 13.1 Å². The maximum atomic E-state index is 12.5. The van der Waals surface area contributed by atoms with Crippen LogP contribution in [0.4, 0.5) is 0 Å². The van der Waals surface area contributed by atoms with Crippen molar-refractivity contribution < 1.29 is 14.6 Å². The first-order chi connectivity index (χ1) is 9.32. The number of amides is 1. The molecule has 0 bridgehead atoms. The summed E-state index contributed by atoms with van der Waals surface area (Å²) in [5.41, 5.74) is -0.223. The van der Waals surface area contributed by atoms with Crippen LogP contribution < -0.4 is 0 Å². The topological polar surface area (TPSA) is 62.7 Å². The monoisotopic (exact) mass is 318 g/mol. The fraction of sp³-hybridized carbons (Fsp3) is 0.538. The van der Waals surface area contributed by atoms with Crippen LogP contribution in [0.5, 0.6) is 0 Å². The quantitative estimate of drug-likeness (QED) is 0.847. The van der Waals surface area contributed by atoms with Gasteiger partial charge in [0.15, 0.2) is 0 Å². The van der Waals surface area contributed by atoms with Crippen molar-refractivity contribution in [2.45, 2.75) is 25.6 Å². The Morgan fingerprint density at radius 2 is 2.25 bits per heavy atom. The molecule has 0 aliphatic carbocycles. The van der Waals surface area contributed by atoms with Gasteiger partial charge < -0.3 is 14.7 Å². The first-order valence-electron chi connectivity index (χ1n) is 6.22. The smallest absolute Gasteiger partial charge is 0.257 e. The fourth-order valence-electron chi connectivity index (χ4n) is 2.29. The van der Waals surface area contributed by atoms with E-state index in [0.29, 0.717) is 18.7 Å². The van der Waals surface area contributed by atoms with Crippen molar-refractivity contribution in [1.82, 2.24) is 9.88 Å². The summed E-state index contributed by atoms with van der Waals surface area (Å²) in [5, 5.41) is 9.58. The Morgan fingerprint density at radius 1 is 1.55 bits per heavy atom. The second-order valence-electron chi connectivity index (χ2n) is 5.34. The number of aromatic nitrogens is 1. The lowest BCUT2D eigenvalue weighted by atomic mass is 10.0. The lowest BCUT2D eigenvalue weighted by molar-refractivity contribution is -0.139. The van der Waals surface area contributed by atoms with Crippen molar-refractivity contribution in [3.63, 3.8) is 0 Å². The average Bonchev–Trinajstić information content (AvgIpc) is 2.36. The van der Waals surface area contributed by atoms with Gasteiger partial charge in [0.2, 0.25) is 0 Å². The summed E-state index contributed by atoms with van der Waals surface area (Å²) >= 11 is 11.7. The Hall–Kier alpha value is -0.880. The second-order valence-corrected chi connectivity index (χ2v) is 6.09. The predicted octanol–water partition coefficient (Wildman–Crippen LogP) is 2.00. The minimum Gasteiger partial charge on any atom is -0.394 e. The van der Waals surface area contributed by atoms with Crippen molar-refractivity contribution in [3.05, 3.63) is 28.0 Å². The Labute approximate surface area is 127 Å². The molecule has 1 saturated heterocycles. The largest absolute Gasteiger partial charge is 0.394 e. The third kappa shape index (κ3) is 3.41. The normalized spacial score (nSPS) is 21.9. The molecule has 0 aromatic carbocycles. The van der Waals surface area contributed by atoms with Crippen LogP contribution in [0.2, 0.25) is 10.3 Å². The molecule has 1 aliphatic rings. The van der Waals surface area contributed by atoms with Gasteiger partial charge in [-0.15, -0.1) is 0 Å². The van der Waals surface area contributed by atoms with E-state index in [1.165, 1.54) is 6.07 Å². The number of aliphatic hydroxyl groups excluding tert-OH is 1. The van der Waals surface area contributed by atoms with Gasteiger partial charge >= 0.3 is 0 Å². The van der Waals surface area contributed by atoms with Crippen LogP contribution in [0.3, 0.4) is 0 Å². The summed E-state index contributed by atoms with van der Waals surface area (Å²) in [6, 6.07) is 3.08. The molecule has 110 valence electrons. The Bertz CT molecular complexity index is 522. The Kier molecular flexibility index (Phi) is 4.54. The lowest BCUT2D eigenvalue weighted by Crippen LogP contribution is -2.55. The minimum atomic E-state index is -0.520. The van der Waals surface area contributed by atoms with E-state index in [9.17, 15) is 9.90 Å². The molecule has 1 aromatic heterocycles. The third-order valence-electron chi connectivity index (χ3n) is 3.02. The molecule has 1 aromatic rings.